The number of unbranched alkanes of at least 4 members (excludes halogenated alkanes) is 3. The van der Waals surface area contributed by atoms with Crippen LogP contribution >= 0.6 is 15.9 Å². The van der Waals surface area contributed by atoms with E-state index in [0.717, 1.165) is 23.7 Å². The highest BCUT2D eigenvalue weighted by molar-refractivity contribution is 9.10. The highest BCUT2D eigenvalue weighted by atomic mass is 79.9. The van der Waals surface area contributed by atoms with Gasteiger partial charge >= 0.3 is 0 Å². The minimum atomic E-state index is -0.296. The van der Waals surface area contributed by atoms with Crippen molar-refractivity contribution in [3.8, 4) is 0 Å². The first-order valence-electron chi connectivity index (χ1n) is 6.09. The average molecular weight is 301 g/mol. The summed E-state index contributed by atoms with van der Waals surface area (Å²) in [6.45, 7) is 2.14. The molecule has 17 heavy (non-hydrogen) atoms. The van der Waals surface area contributed by atoms with E-state index < -0.39 is 0 Å². The SMILES string of the molecule is CCCCCCC(=O)Cc1cc(Br)ccc1F. The second kappa shape index (κ2) is 7.59. The van der Waals surface area contributed by atoms with Crippen molar-refractivity contribution in [2.45, 2.75) is 45.4 Å². The number of ketones is 1. The number of halogens is 2. The molecular formula is C14H18BrFO. The molecule has 1 rings (SSSR count). The summed E-state index contributed by atoms with van der Waals surface area (Å²) in [7, 11) is 0. The van der Waals surface area contributed by atoms with Gasteiger partial charge < -0.3 is 0 Å². The monoisotopic (exact) mass is 300 g/mol. The molecular weight excluding hydrogens is 283 g/mol. The van der Waals surface area contributed by atoms with Crippen LogP contribution in [0.4, 0.5) is 4.39 Å². The Morgan fingerprint density at radius 3 is 2.76 bits per heavy atom. The van der Waals surface area contributed by atoms with Gasteiger partial charge in [0.25, 0.3) is 0 Å². The summed E-state index contributed by atoms with van der Waals surface area (Å²) in [5.41, 5.74) is 0.486. The van der Waals surface area contributed by atoms with Crippen LogP contribution in [0.5, 0.6) is 0 Å². The van der Waals surface area contributed by atoms with Crippen LogP contribution in [-0.2, 0) is 11.2 Å². The quantitative estimate of drug-likeness (QED) is 0.669. The molecule has 0 spiro atoms. The Kier molecular flexibility index (Phi) is 6.41. The third-order valence-corrected chi connectivity index (χ3v) is 3.20. The van der Waals surface area contributed by atoms with Gasteiger partial charge in [0.05, 0.1) is 0 Å². The number of Topliss-reactive ketones (excluding diaryl/α,β-unsaturated/α-hetero) is 1. The molecule has 0 saturated carbocycles. The molecule has 0 amide bonds. The highest BCUT2D eigenvalue weighted by Gasteiger charge is 2.08. The number of rotatable bonds is 7. The van der Waals surface area contributed by atoms with Gasteiger partial charge in [-0.05, 0) is 30.2 Å². The molecule has 0 radical (unpaired) electrons. The lowest BCUT2D eigenvalue weighted by molar-refractivity contribution is -0.118. The maximum absolute atomic E-state index is 13.4. The fourth-order valence-electron chi connectivity index (χ4n) is 1.73. The molecule has 94 valence electrons. The number of carbonyl (C=O) groups is 1. The Morgan fingerprint density at radius 1 is 1.29 bits per heavy atom. The minimum absolute atomic E-state index is 0.123. The van der Waals surface area contributed by atoms with Crippen molar-refractivity contribution < 1.29 is 9.18 Å². The summed E-state index contributed by atoms with van der Waals surface area (Å²) < 4.78 is 14.2. The van der Waals surface area contributed by atoms with Gasteiger partial charge in [-0.2, -0.15) is 0 Å². The summed E-state index contributed by atoms with van der Waals surface area (Å²) in [6, 6.07) is 4.72. The van der Waals surface area contributed by atoms with Crippen molar-refractivity contribution in [2.24, 2.45) is 0 Å². The van der Waals surface area contributed by atoms with Crippen LogP contribution in [0.2, 0.25) is 0 Å². The van der Waals surface area contributed by atoms with E-state index in [0.29, 0.717) is 12.0 Å². The molecule has 0 heterocycles. The minimum Gasteiger partial charge on any atom is -0.299 e. The lowest BCUT2D eigenvalue weighted by Gasteiger charge is -2.03. The molecule has 0 aromatic heterocycles. The molecule has 0 unspecified atom stereocenters. The molecule has 0 bridgehead atoms. The lowest BCUT2D eigenvalue weighted by atomic mass is 10.0. The van der Waals surface area contributed by atoms with Crippen LogP contribution in [0.15, 0.2) is 22.7 Å². The second-order valence-corrected chi connectivity index (χ2v) is 5.18. The van der Waals surface area contributed by atoms with Crippen LogP contribution in [0, 0.1) is 5.82 Å². The van der Waals surface area contributed by atoms with Crippen LogP contribution in [-0.4, -0.2) is 5.78 Å². The highest BCUT2D eigenvalue weighted by Crippen LogP contribution is 2.17. The molecule has 3 heteroatoms. The number of carbonyl (C=O) groups excluding carboxylic acids is 1. The molecule has 0 aliphatic carbocycles. The zero-order valence-corrected chi connectivity index (χ0v) is 11.7. The largest absolute Gasteiger partial charge is 0.299 e. The molecule has 0 fully saturated rings. The molecule has 0 atom stereocenters. The zero-order valence-electron chi connectivity index (χ0n) is 10.1. The number of hydrogen-bond acceptors (Lipinski definition) is 1. The van der Waals surface area contributed by atoms with Crippen molar-refractivity contribution in [3.63, 3.8) is 0 Å². The smallest absolute Gasteiger partial charge is 0.137 e. The Balaban J connectivity index is 2.42. The van der Waals surface area contributed by atoms with Gasteiger partial charge in [0.15, 0.2) is 0 Å². The summed E-state index contributed by atoms with van der Waals surface area (Å²) in [5, 5.41) is 0. The molecule has 0 N–H and O–H groups in total. The fraction of sp³-hybridized carbons (Fsp3) is 0.500. The summed E-state index contributed by atoms with van der Waals surface area (Å²) in [4.78, 5) is 11.7. The van der Waals surface area contributed by atoms with Crippen LogP contribution in [0.1, 0.15) is 44.6 Å². The molecule has 1 aromatic carbocycles. The van der Waals surface area contributed by atoms with Crippen LogP contribution in [0.25, 0.3) is 0 Å². The predicted molar refractivity (Wildman–Crippen MR) is 71.6 cm³/mol. The average Bonchev–Trinajstić information content (AvgIpc) is 2.29. The summed E-state index contributed by atoms with van der Waals surface area (Å²) in [5.74, 6) is -0.173. The fourth-order valence-corrected chi connectivity index (χ4v) is 2.14. The summed E-state index contributed by atoms with van der Waals surface area (Å²) >= 11 is 3.28. The molecule has 0 aliphatic rings. The first kappa shape index (κ1) is 14.4. The standard InChI is InChI=1S/C14H18BrFO/c1-2-3-4-5-6-13(17)10-11-9-12(15)7-8-14(11)16/h7-9H,2-6,10H2,1H3. The van der Waals surface area contributed by atoms with Crippen LogP contribution in [0.3, 0.4) is 0 Å². The Hall–Kier alpha value is -0.700. The van der Waals surface area contributed by atoms with Gasteiger partial charge in [-0.15, -0.1) is 0 Å². The Morgan fingerprint density at radius 2 is 2.06 bits per heavy atom. The van der Waals surface area contributed by atoms with Crippen molar-refractivity contribution >= 4 is 21.7 Å². The third-order valence-electron chi connectivity index (χ3n) is 2.70. The van der Waals surface area contributed by atoms with E-state index in [2.05, 4.69) is 22.9 Å². The molecule has 1 nitrogen and oxygen atoms in total. The van der Waals surface area contributed by atoms with Gasteiger partial charge in [-0.3, -0.25) is 4.79 Å². The topological polar surface area (TPSA) is 17.1 Å². The maximum atomic E-state index is 13.4. The normalized spacial score (nSPS) is 10.5. The van der Waals surface area contributed by atoms with Gasteiger partial charge in [0, 0.05) is 17.3 Å². The van der Waals surface area contributed by atoms with Crippen molar-refractivity contribution in [2.75, 3.05) is 0 Å². The first-order valence-corrected chi connectivity index (χ1v) is 6.88. The summed E-state index contributed by atoms with van der Waals surface area (Å²) in [6.07, 6.45) is 5.10. The molecule has 1 aromatic rings. The van der Waals surface area contributed by atoms with E-state index in [1.807, 2.05) is 0 Å². The lowest BCUT2D eigenvalue weighted by Crippen LogP contribution is -2.04. The zero-order chi connectivity index (χ0) is 12.7. The van der Waals surface area contributed by atoms with Gasteiger partial charge in [-0.25, -0.2) is 4.39 Å². The van der Waals surface area contributed by atoms with Gasteiger partial charge in [0.2, 0.25) is 0 Å². The van der Waals surface area contributed by atoms with E-state index in [4.69, 9.17) is 0 Å². The van der Waals surface area contributed by atoms with Crippen molar-refractivity contribution in [1.82, 2.24) is 0 Å². The van der Waals surface area contributed by atoms with E-state index in [1.54, 1.807) is 12.1 Å². The first-order chi connectivity index (χ1) is 8.13. The van der Waals surface area contributed by atoms with E-state index >= 15 is 0 Å². The number of benzene rings is 1. The Bertz CT molecular complexity index is 376. The van der Waals surface area contributed by atoms with Crippen molar-refractivity contribution in [1.29, 1.82) is 0 Å². The van der Waals surface area contributed by atoms with Gasteiger partial charge in [0.1, 0.15) is 11.6 Å². The Labute approximate surface area is 111 Å². The van der Waals surface area contributed by atoms with Gasteiger partial charge in [-0.1, -0.05) is 42.1 Å². The third kappa shape index (κ3) is 5.44. The van der Waals surface area contributed by atoms with Crippen molar-refractivity contribution in [3.05, 3.63) is 34.1 Å². The maximum Gasteiger partial charge on any atom is 0.137 e. The number of hydrogen-bond donors (Lipinski definition) is 0. The second-order valence-electron chi connectivity index (χ2n) is 4.26. The molecule has 0 aliphatic heterocycles. The van der Waals surface area contributed by atoms with E-state index in [-0.39, 0.29) is 18.0 Å². The predicted octanol–water partition coefficient (Wildman–Crippen LogP) is 4.67. The van der Waals surface area contributed by atoms with Crippen LogP contribution < -0.4 is 0 Å². The van der Waals surface area contributed by atoms with E-state index in [9.17, 15) is 9.18 Å². The van der Waals surface area contributed by atoms with E-state index in [1.165, 1.54) is 12.5 Å². The molecule has 0 saturated heterocycles.